The number of fused-ring (bicyclic) bond motifs is 1. The molecule has 5 rings (SSSR count). The number of carbonyl (C=O) groups excluding carboxylic acids is 1. The molecular formula is C25H27N3O3. The smallest absolute Gasteiger partial charge is 0.270 e. The van der Waals surface area contributed by atoms with Crippen molar-refractivity contribution in [3.8, 4) is 0 Å². The van der Waals surface area contributed by atoms with Crippen LogP contribution in [0.25, 0.3) is 10.9 Å². The monoisotopic (exact) mass is 417 g/mol. The molecule has 0 radical (unpaired) electrons. The first kappa shape index (κ1) is 19.9. The van der Waals surface area contributed by atoms with E-state index >= 15 is 0 Å². The molecular weight excluding hydrogens is 390 g/mol. The van der Waals surface area contributed by atoms with Crippen molar-refractivity contribution in [3.05, 3.63) is 76.4 Å². The molecule has 31 heavy (non-hydrogen) atoms. The number of aliphatic hydroxyl groups excluding tert-OH is 1. The summed E-state index contributed by atoms with van der Waals surface area (Å²) >= 11 is 0. The Hall–Kier alpha value is -2.99. The lowest BCUT2D eigenvalue weighted by Gasteiger charge is -2.28. The summed E-state index contributed by atoms with van der Waals surface area (Å²) in [6, 6.07) is 13.3. The highest BCUT2D eigenvalue weighted by Crippen LogP contribution is 2.38. The molecule has 2 atom stereocenters. The molecule has 0 spiro atoms. The molecule has 6 nitrogen and oxygen atoms in total. The number of hydrogen-bond acceptors (Lipinski definition) is 4. The Morgan fingerprint density at radius 1 is 1.13 bits per heavy atom. The first-order chi connectivity index (χ1) is 15.1. The lowest BCUT2D eigenvalue weighted by molar-refractivity contribution is -0.614. The number of pyridine rings is 2. The van der Waals surface area contributed by atoms with E-state index in [0.717, 1.165) is 64.6 Å². The molecule has 2 saturated carbocycles. The van der Waals surface area contributed by atoms with Crippen LogP contribution >= 0.6 is 0 Å². The zero-order valence-electron chi connectivity index (χ0n) is 17.5. The largest absolute Gasteiger partial charge is 0.618 e. The van der Waals surface area contributed by atoms with Gasteiger partial charge in [0.25, 0.3) is 5.91 Å². The van der Waals surface area contributed by atoms with Crippen LogP contribution in [-0.2, 0) is 6.42 Å². The van der Waals surface area contributed by atoms with Gasteiger partial charge in [-0.05, 0) is 49.4 Å². The summed E-state index contributed by atoms with van der Waals surface area (Å²) < 4.78 is 0.995. The number of nitrogens with one attached hydrogen (secondary N) is 1. The Kier molecular flexibility index (Phi) is 5.32. The number of aromatic nitrogens is 2. The molecule has 2 aromatic heterocycles. The van der Waals surface area contributed by atoms with E-state index in [9.17, 15) is 15.1 Å². The van der Waals surface area contributed by atoms with Crippen molar-refractivity contribution >= 4 is 16.8 Å². The van der Waals surface area contributed by atoms with E-state index in [1.807, 2.05) is 42.5 Å². The second-order valence-electron chi connectivity index (χ2n) is 8.85. The molecule has 2 fully saturated rings. The fourth-order valence-electron chi connectivity index (χ4n) is 4.59. The molecule has 0 saturated heterocycles. The highest BCUT2D eigenvalue weighted by Gasteiger charge is 2.30. The molecule has 0 unspecified atom stereocenters. The summed E-state index contributed by atoms with van der Waals surface area (Å²) in [5.74, 6) is 0.139. The van der Waals surface area contributed by atoms with E-state index in [-0.39, 0.29) is 11.9 Å². The molecule has 2 aliphatic rings. The topological polar surface area (TPSA) is 89.2 Å². The molecule has 2 aliphatic carbocycles. The van der Waals surface area contributed by atoms with Gasteiger partial charge in [-0.1, -0.05) is 31.0 Å². The van der Waals surface area contributed by atoms with E-state index in [4.69, 9.17) is 0 Å². The van der Waals surface area contributed by atoms with Crippen LogP contribution in [0.3, 0.4) is 0 Å². The molecule has 160 valence electrons. The molecule has 2 heterocycles. The number of rotatable bonds is 5. The van der Waals surface area contributed by atoms with E-state index in [0.29, 0.717) is 24.5 Å². The maximum absolute atomic E-state index is 12.9. The van der Waals surface area contributed by atoms with Gasteiger partial charge in [-0.3, -0.25) is 4.79 Å². The number of para-hydroxylation sites is 1. The van der Waals surface area contributed by atoms with Gasteiger partial charge in [-0.15, -0.1) is 0 Å². The van der Waals surface area contributed by atoms with E-state index < -0.39 is 6.10 Å². The van der Waals surface area contributed by atoms with Gasteiger partial charge in [0.15, 0.2) is 11.9 Å². The molecule has 0 aliphatic heterocycles. The van der Waals surface area contributed by atoms with Crippen molar-refractivity contribution in [2.24, 2.45) is 0 Å². The van der Waals surface area contributed by atoms with Crippen LogP contribution in [0.1, 0.15) is 71.8 Å². The van der Waals surface area contributed by atoms with Gasteiger partial charge < -0.3 is 15.6 Å². The van der Waals surface area contributed by atoms with Crippen LogP contribution in [0.2, 0.25) is 0 Å². The lowest BCUT2D eigenvalue weighted by atomic mass is 9.92. The third-order valence-corrected chi connectivity index (χ3v) is 6.48. The predicted molar refractivity (Wildman–Crippen MR) is 118 cm³/mol. The Morgan fingerprint density at radius 3 is 2.71 bits per heavy atom. The Balaban J connectivity index is 1.44. The number of hydrogen-bond donors (Lipinski definition) is 2. The van der Waals surface area contributed by atoms with Gasteiger partial charge in [0.2, 0.25) is 0 Å². The summed E-state index contributed by atoms with van der Waals surface area (Å²) in [6.45, 7) is 0. The highest BCUT2D eigenvalue weighted by atomic mass is 16.5. The zero-order chi connectivity index (χ0) is 21.4. The van der Waals surface area contributed by atoms with E-state index in [1.165, 1.54) is 0 Å². The average Bonchev–Trinajstić information content (AvgIpc) is 3.60. The highest BCUT2D eigenvalue weighted by molar-refractivity contribution is 5.96. The summed E-state index contributed by atoms with van der Waals surface area (Å²) in [4.78, 5) is 17.5. The van der Waals surface area contributed by atoms with Crippen LogP contribution in [0.15, 0.2) is 48.7 Å². The fraction of sp³-hybridized carbons (Fsp3) is 0.400. The van der Waals surface area contributed by atoms with Gasteiger partial charge in [0.05, 0.1) is 17.7 Å². The minimum atomic E-state index is -0.505. The Bertz CT molecular complexity index is 1130. The second-order valence-corrected chi connectivity index (χ2v) is 8.85. The number of carbonyl (C=O) groups is 1. The number of aliphatic hydroxyl groups is 1. The third-order valence-electron chi connectivity index (χ3n) is 6.48. The minimum Gasteiger partial charge on any atom is -0.618 e. The van der Waals surface area contributed by atoms with Crippen LogP contribution in [-0.4, -0.2) is 28.1 Å². The number of amides is 1. The van der Waals surface area contributed by atoms with Crippen LogP contribution < -0.4 is 10.0 Å². The normalized spacial score (nSPS) is 21.2. The second kappa shape index (κ2) is 8.27. The molecule has 1 amide bonds. The molecule has 3 aromatic rings. The van der Waals surface area contributed by atoms with Gasteiger partial charge >= 0.3 is 0 Å². The van der Waals surface area contributed by atoms with Gasteiger partial charge in [-0.25, -0.2) is 4.98 Å². The zero-order valence-corrected chi connectivity index (χ0v) is 17.5. The van der Waals surface area contributed by atoms with Crippen LogP contribution in [0.4, 0.5) is 0 Å². The molecule has 0 bridgehead atoms. The first-order valence-corrected chi connectivity index (χ1v) is 11.2. The van der Waals surface area contributed by atoms with E-state index in [2.05, 4.69) is 10.3 Å². The maximum atomic E-state index is 12.9. The van der Waals surface area contributed by atoms with Crippen molar-refractivity contribution < 1.29 is 14.6 Å². The van der Waals surface area contributed by atoms with Crippen molar-refractivity contribution in [2.75, 3.05) is 0 Å². The first-order valence-electron chi connectivity index (χ1n) is 11.2. The van der Waals surface area contributed by atoms with Crippen LogP contribution in [0.5, 0.6) is 0 Å². The summed E-state index contributed by atoms with van der Waals surface area (Å²) in [7, 11) is 0. The standard InChI is InChI=1S/C25H27N3O3/c29-24-8-4-3-7-21(24)27-25(30)22-14-18(19-5-1-2-6-20(19)26-22)13-16-9-12-23(17-10-11-17)28(31)15-16/h1-2,5-6,9,12,14-15,17,21,24,29H,3-4,7-8,10-11,13H2,(H,27,30)/t21-,24-/m0/s1. The van der Waals surface area contributed by atoms with Gasteiger partial charge in [-0.2, -0.15) is 4.73 Å². The molecule has 6 heteroatoms. The van der Waals surface area contributed by atoms with Crippen molar-refractivity contribution in [1.29, 1.82) is 0 Å². The molecule has 2 N–H and O–H groups in total. The summed E-state index contributed by atoms with van der Waals surface area (Å²) in [5, 5.41) is 26.6. The Labute approximate surface area is 181 Å². The van der Waals surface area contributed by atoms with Crippen LogP contribution in [0, 0.1) is 5.21 Å². The van der Waals surface area contributed by atoms with E-state index in [1.54, 1.807) is 6.20 Å². The summed E-state index contributed by atoms with van der Waals surface area (Å²) in [6.07, 6.45) is 7.36. The SMILES string of the molecule is O=C(N[C@H]1CCCC[C@@H]1O)c1cc(Cc2ccc(C3CC3)[n+]([O-])c2)c2ccccc2n1. The van der Waals surface area contributed by atoms with Gasteiger partial charge in [0.1, 0.15) is 5.69 Å². The average molecular weight is 418 g/mol. The number of benzene rings is 1. The predicted octanol–water partition coefficient (Wildman–Crippen LogP) is 3.37. The third kappa shape index (κ3) is 4.26. The quantitative estimate of drug-likeness (QED) is 0.492. The Morgan fingerprint density at radius 2 is 1.94 bits per heavy atom. The van der Waals surface area contributed by atoms with Crippen molar-refractivity contribution in [1.82, 2.24) is 10.3 Å². The van der Waals surface area contributed by atoms with Gasteiger partial charge in [0, 0.05) is 29.4 Å². The molecule has 1 aromatic carbocycles. The van der Waals surface area contributed by atoms with Crippen molar-refractivity contribution in [3.63, 3.8) is 0 Å². The number of nitrogens with zero attached hydrogens (tertiary/aromatic N) is 2. The van der Waals surface area contributed by atoms with Crippen molar-refractivity contribution in [2.45, 2.75) is 63.0 Å². The fourth-order valence-corrected chi connectivity index (χ4v) is 4.59. The maximum Gasteiger partial charge on any atom is 0.270 e. The minimum absolute atomic E-state index is 0.229. The lowest BCUT2D eigenvalue weighted by Crippen LogP contribution is -2.45. The summed E-state index contributed by atoms with van der Waals surface area (Å²) in [5.41, 5.74) is 3.80.